The SMILES string of the molecule is Nc1cc(Oc2cccc(I)c2)nc(N)n1. The van der Waals surface area contributed by atoms with Crippen LogP contribution in [0.25, 0.3) is 0 Å². The third-order valence-electron chi connectivity index (χ3n) is 1.76. The number of nitrogens with two attached hydrogens (primary N) is 2. The van der Waals surface area contributed by atoms with Crippen LogP contribution in [0, 0.1) is 3.57 Å². The van der Waals surface area contributed by atoms with Gasteiger partial charge in [-0.05, 0) is 40.8 Å². The molecule has 0 aliphatic heterocycles. The van der Waals surface area contributed by atoms with E-state index in [1.807, 2.05) is 24.3 Å². The lowest BCUT2D eigenvalue weighted by Gasteiger charge is -2.05. The summed E-state index contributed by atoms with van der Waals surface area (Å²) in [5.41, 5.74) is 11.0. The van der Waals surface area contributed by atoms with Crippen LogP contribution in [0.1, 0.15) is 0 Å². The second kappa shape index (κ2) is 4.52. The van der Waals surface area contributed by atoms with Crippen molar-refractivity contribution in [2.24, 2.45) is 0 Å². The fourth-order valence-electron chi connectivity index (χ4n) is 1.16. The van der Waals surface area contributed by atoms with E-state index in [9.17, 15) is 0 Å². The number of ether oxygens (including phenoxy) is 1. The van der Waals surface area contributed by atoms with Gasteiger partial charge in [-0.25, -0.2) is 0 Å². The summed E-state index contributed by atoms with van der Waals surface area (Å²) in [6.07, 6.45) is 0. The van der Waals surface area contributed by atoms with Crippen molar-refractivity contribution >= 4 is 34.4 Å². The standard InChI is InChI=1S/C10H9IN4O/c11-6-2-1-3-7(4-6)16-9-5-8(12)14-10(13)15-9/h1-5H,(H4,12,13,14,15). The summed E-state index contributed by atoms with van der Waals surface area (Å²) in [4.78, 5) is 7.68. The summed E-state index contributed by atoms with van der Waals surface area (Å²) in [5, 5.41) is 0. The number of aromatic nitrogens is 2. The molecule has 0 saturated heterocycles. The summed E-state index contributed by atoms with van der Waals surface area (Å²) in [6, 6.07) is 9.10. The van der Waals surface area contributed by atoms with E-state index >= 15 is 0 Å². The molecular formula is C10H9IN4O. The molecule has 1 aromatic heterocycles. The first-order chi connectivity index (χ1) is 7.63. The fourth-order valence-corrected chi connectivity index (χ4v) is 1.68. The Kier molecular flexibility index (Phi) is 3.09. The molecule has 5 nitrogen and oxygen atoms in total. The Hall–Kier alpha value is -1.57. The van der Waals surface area contributed by atoms with E-state index in [2.05, 4.69) is 32.6 Å². The van der Waals surface area contributed by atoms with Crippen LogP contribution in [0.3, 0.4) is 0 Å². The van der Waals surface area contributed by atoms with Gasteiger partial charge in [0, 0.05) is 9.64 Å². The van der Waals surface area contributed by atoms with E-state index in [0.29, 0.717) is 11.6 Å². The van der Waals surface area contributed by atoms with Crippen molar-refractivity contribution in [2.75, 3.05) is 11.5 Å². The van der Waals surface area contributed by atoms with Gasteiger partial charge in [-0.15, -0.1) is 0 Å². The van der Waals surface area contributed by atoms with Crippen LogP contribution < -0.4 is 16.2 Å². The maximum atomic E-state index is 5.53. The minimum Gasteiger partial charge on any atom is -0.439 e. The number of anilines is 2. The number of benzene rings is 1. The lowest BCUT2D eigenvalue weighted by Crippen LogP contribution is -2.00. The highest BCUT2D eigenvalue weighted by molar-refractivity contribution is 14.1. The summed E-state index contributed by atoms with van der Waals surface area (Å²) in [5.74, 6) is 1.41. The minimum absolute atomic E-state index is 0.0978. The molecule has 6 heteroatoms. The molecule has 0 spiro atoms. The number of hydrogen-bond donors (Lipinski definition) is 2. The molecule has 0 bridgehead atoms. The highest BCUT2D eigenvalue weighted by Gasteiger charge is 2.02. The Morgan fingerprint density at radius 3 is 2.62 bits per heavy atom. The smallest absolute Gasteiger partial charge is 0.226 e. The molecule has 0 amide bonds. The predicted octanol–water partition coefficient (Wildman–Crippen LogP) is 2.04. The Labute approximate surface area is 106 Å². The van der Waals surface area contributed by atoms with Crippen molar-refractivity contribution in [2.45, 2.75) is 0 Å². The van der Waals surface area contributed by atoms with Gasteiger partial charge in [0.1, 0.15) is 11.6 Å². The second-order valence-corrected chi connectivity index (χ2v) is 4.29. The van der Waals surface area contributed by atoms with Crippen LogP contribution in [0.2, 0.25) is 0 Å². The lowest BCUT2D eigenvalue weighted by molar-refractivity contribution is 0.463. The summed E-state index contributed by atoms with van der Waals surface area (Å²) in [6.45, 7) is 0. The third kappa shape index (κ3) is 2.72. The first kappa shape index (κ1) is 10.9. The first-order valence-corrected chi connectivity index (χ1v) is 5.55. The maximum absolute atomic E-state index is 5.53. The molecular weight excluding hydrogens is 319 g/mol. The average Bonchev–Trinajstić information content (AvgIpc) is 2.15. The minimum atomic E-state index is 0.0978. The van der Waals surface area contributed by atoms with Crippen LogP contribution in [-0.2, 0) is 0 Å². The van der Waals surface area contributed by atoms with Gasteiger partial charge >= 0.3 is 0 Å². The van der Waals surface area contributed by atoms with Gasteiger partial charge in [0.15, 0.2) is 0 Å². The van der Waals surface area contributed by atoms with Gasteiger partial charge < -0.3 is 16.2 Å². The number of hydrogen-bond acceptors (Lipinski definition) is 5. The molecule has 0 aliphatic rings. The van der Waals surface area contributed by atoms with E-state index in [1.54, 1.807) is 0 Å². The molecule has 0 unspecified atom stereocenters. The van der Waals surface area contributed by atoms with Gasteiger partial charge in [-0.2, -0.15) is 9.97 Å². The second-order valence-electron chi connectivity index (χ2n) is 3.05. The Morgan fingerprint density at radius 2 is 1.94 bits per heavy atom. The molecule has 1 heterocycles. The van der Waals surface area contributed by atoms with Crippen molar-refractivity contribution in [3.63, 3.8) is 0 Å². The number of nitrogen functional groups attached to an aromatic ring is 2. The normalized spacial score (nSPS) is 10.1. The topological polar surface area (TPSA) is 87.0 Å². The molecule has 0 radical (unpaired) electrons. The first-order valence-electron chi connectivity index (χ1n) is 4.47. The van der Waals surface area contributed by atoms with Gasteiger partial charge in [-0.1, -0.05) is 6.07 Å². The zero-order valence-electron chi connectivity index (χ0n) is 8.22. The molecule has 0 atom stereocenters. The van der Waals surface area contributed by atoms with Gasteiger partial charge in [0.05, 0.1) is 0 Å². The molecule has 2 rings (SSSR count). The van der Waals surface area contributed by atoms with Crippen molar-refractivity contribution in [1.82, 2.24) is 9.97 Å². The molecule has 16 heavy (non-hydrogen) atoms. The van der Waals surface area contributed by atoms with E-state index in [0.717, 1.165) is 3.57 Å². The van der Waals surface area contributed by atoms with Crippen molar-refractivity contribution in [3.8, 4) is 11.6 Å². The van der Waals surface area contributed by atoms with Crippen molar-refractivity contribution in [3.05, 3.63) is 33.9 Å². The molecule has 0 aliphatic carbocycles. The highest BCUT2D eigenvalue weighted by Crippen LogP contribution is 2.22. The van der Waals surface area contributed by atoms with E-state index in [1.165, 1.54) is 6.07 Å². The number of nitrogens with zero attached hydrogens (tertiary/aromatic N) is 2. The summed E-state index contributed by atoms with van der Waals surface area (Å²) >= 11 is 2.20. The van der Waals surface area contributed by atoms with Crippen LogP contribution in [-0.4, -0.2) is 9.97 Å². The molecule has 0 fully saturated rings. The molecule has 82 valence electrons. The monoisotopic (exact) mass is 328 g/mol. The van der Waals surface area contributed by atoms with Crippen LogP contribution in [0.15, 0.2) is 30.3 Å². The zero-order valence-corrected chi connectivity index (χ0v) is 10.4. The zero-order chi connectivity index (χ0) is 11.5. The number of rotatable bonds is 2. The third-order valence-corrected chi connectivity index (χ3v) is 2.43. The van der Waals surface area contributed by atoms with Crippen LogP contribution >= 0.6 is 22.6 Å². The van der Waals surface area contributed by atoms with Gasteiger partial charge in [0.2, 0.25) is 11.8 Å². The average molecular weight is 328 g/mol. The quantitative estimate of drug-likeness (QED) is 0.824. The summed E-state index contributed by atoms with van der Waals surface area (Å²) < 4.78 is 6.58. The molecule has 1 aromatic carbocycles. The van der Waals surface area contributed by atoms with Crippen LogP contribution in [0.4, 0.5) is 11.8 Å². The van der Waals surface area contributed by atoms with E-state index < -0.39 is 0 Å². The Balaban J connectivity index is 2.27. The van der Waals surface area contributed by atoms with Gasteiger partial charge in [-0.3, -0.25) is 0 Å². The molecule has 0 saturated carbocycles. The van der Waals surface area contributed by atoms with E-state index in [-0.39, 0.29) is 11.8 Å². The van der Waals surface area contributed by atoms with Gasteiger partial charge in [0.25, 0.3) is 0 Å². The fraction of sp³-hybridized carbons (Fsp3) is 0. The molecule has 2 aromatic rings. The summed E-state index contributed by atoms with van der Waals surface area (Å²) in [7, 11) is 0. The predicted molar refractivity (Wildman–Crippen MR) is 70.1 cm³/mol. The Morgan fingerprint density at radius 1 is 1.12 bits per heavy atom. The lowest BCUT2D eigenvalue weighted by atomic mass is 10.3. The Bertz CT molecular complexity index is 498. The van der Waals surface area contributed by atoms with Crippen molar-refractivity contribution < 1.29 is 4.74 Å². The maximum Gasteiger partial charge on any atom is 0.226 e. The number of halogens is 1. The molecule has 4 N–H and O–H groups in total. The highest BCUT2D eigenvalue weighted by atomic mass is 127. The largest absolute Gasteiger partial charge is 0.439 e. The van der Waals surface area contributed by atoms with Crippen LogP contribution in [0.5, 0.6) is 11.6 Å². The van der Waals surface area contributed by atoms with Crippen molar-refractivity contribution in [1.29, 1.82) is 0 Å². The van der Waals surface area contributed by atoms with E-state index in [4.69, 9.17) is 16.2 Å².